The number of benzene rings is 1. The molecule has 1 aromatic heterocycles. The van der Waals surface area contributed by atoms with Crippen molar-refractivity contribution in [3.63, 3.8) is 0 Å². The van der Waals surface area contributed by atoms with E-state index in [9.17, 15) is 0 Å². The molecule has 1 atom stereocenters. The molecular weight excluding hydrogens is 258 g/mol. The van der Waals surface area contributed by atoms with Crippen LogP contribution in [0.3, 0.4) is 0 Å². The van der Waals surface area contributed by atoms with Gasteiger partial charge >= 0.3 is 0 Å². The van der Waals surface area contributed by atoms with Crippen LogP contribution in [-0.4, -0.2) is 18.1 Å². The molecule has 0 radical (unpaired) electrons. The van der Waals surface area contributed by atoms with Crippen molar-refractivity contribution in [3.05, 3.63) is 59.3 Å². The first-order valence-corrected chi connectivity index (χ1v) is 7.57. The van der Waals surface area contributed by atoms with Crippen LogP contribution in [0.5, 0.6) is 0 Å². The van der Waals surface area contributed by atoms with E-state index < -0.39 is 0 Å². The molecular formula is C18H25N3. The Bertz CT molecular complexity index is 580. The Morgan fingerprint density at radius 2 is 1.86 bits per heavy atom. The van der Waals surface area contributed by atoms with Crippen LogP contribution in [0.2, 0.25) is 0 Å². The standard InChI is InChI=1S/C18H25N3/c1-4-17(19)12-15-10-7-11-20-18(15)21(3)13-16-9-6-5-8-14(16)2/h5-11,17H,4,12-13,19H2,1-3H3. The highest BCUT2D eigenvalue weighted by Crippen LogP contribution is 2.20. The van der Waals surface area contributed by atoms with Crippen LogP contribution >= 0.6 is 0 Å². The van der Waals surface area contributed by atoms with Crippen LogP contribution in [0.25, 0.3) is 0 Å². The van der Waals surface area contributed by atoms with Gasteiger partial charge in [0.15, 0.2) is 0 Å². The highest BCUT2D eigenvalue weighted by atomic mass is 15.2. The zero-order valence-electron chi connectivity index (χ0n) is 13.2. The molecule has 0 fully saturated rings. The van der Waals surface area contributed by atoms with Crippen molar-refractivity contribution in [2.45, 2.75) is 39.3 Å². The van der Waals surface area contributed by atoms with E-state index in [2.05, 4.69) is 61.1 Å². The highest BCUT2D eigenvalue weighted by molar-refractivity contribution is 5.47. The zero-order valence-corrected chi connectivity index (χ0v) is 13.2. The molecule has 3 heteroatoms. The lowest BCUT2D eigenvalue weighted by atomic mass is 10.0. The van der Waals surface area contributed by atoms with Gasteiger partial charge in [0.25, 0.3) is 0 Å². The summed E-state index contributed by atoms with van der Waals surface area (Å²) in [5.74, 6) is 1.03. The lowest BCUT2D eigenvalue weighted by molar-refractivity contribution is 0.643. The fraction of sp³-hybridized carbons (Fsp3) is 0.389. The molecule has 0 bridgehead atoms. The van der Waals surface area contributed by atoms with Crippen molar-refractivity contribution in [1.29, 1.82) is 0 Å². The molecule has 0 amide bonds. The fourth-order valence-electron chi connectivity index (χ4n) is 2.48. The quantitative estimate of drug-likeness (QED) is 0.884. The van der Waals surface area contributed by atoms with Gasteiger partial charge in [-0.05, 0) is 42.5 Å². The predicted molar refractivity (Wildman–Crippen MR) is 89.5 cm³/mol. The van der Waals surface area contributed by atoms with Gasteiger partial charge in [0.05, 0.1) is 0 Å². The van der Waals surface area contributed by atoms with Crippen molar-refractivity contribution in [1.82, 2.24) is 4.98 Å². The minimum absolute atomic E-state index is 0.194. The van der Waals surface area contributed by atoms with Gasteiger partial charge in [-0.2, -0.15) is 0 Å². The maximum atomic E-state index is 6.10. The Morgan fingerprint density at radius 1 is 1.14 bits per heavy atom. The van der Waals surface area contributed by atoms with E-state index in [1.54, 1.807) is 0 Å². The average molecular weight is 283 g/mol. The van der Waals surface area contributed by atoms with Gasteiger partial charge < -0.3 is 10.6 Å². The van der Waals surface area contributed by atoms with E-state index >= 15 is 0 Å². The molecule has 2 N–H and O–H groups in total. The fourth-order valence-corrected chi connectivity index (χ4v) is 2.48. The number of anilines is 1. The second-order valence-corrected chi connectivity index (χ2v) is 5.64. The van der Waals surface area contributed by atoms with E-state index in [0.717, 1.165) is 25.2 Å². The summed E-state index contributed by atoms with van der Waals surface area (Å²) in [6, 6.07) is 12.8. The molecule has 1 unspecified atom stereocenters. The van der Waals surface area contributed by atoms with Crippen molar-refractivity contribution in [3.8, 4) is 0 Å². The molecule has 0 saturated heterocycles. The van der Waals surface area contributed by atoms with Gasteiger partial charge in [0.2, 0.25) is 0 Å². The smallest absolute Gasteiger partial charge is 0.131 e. The molecule has 0 saturated carbocycles. The van der Waals surface area contributed by atoms with Crippen molar-refractivity contribution < 1.29 is 0 Å². The Labute approximate surface area is 127 Å². The molecule has 3 nitrogen and oxygen atoms in total. The summed E-state index contributed by atoms with van der Waals surface area (Å²) in [7, 11) is 2.09. The molecule has 0 aliphatic rings. The summed E-state index contributed by atoms with van der Waals surface area (Å²) >= 11 is 0. The van der Waals surface area contributed by atoms with E-state index in [-0.39, 0.29) is 6.04 Å². The van der Waals surface area contributed by atoms with Gasteiger partial charge in [-0.15, -0.1) is 0 Å². The number of aromatic nitrogens is 1. The molecule has 112 valence electrons. The first-order chi connectivity index (χ1) is 10.1. The maximum absolute atomic E-state index is 6.10. The Balaban J connectivity index is 2.19. The molecule has 2 aromatic rings. The minimum atomic E-state index is 0.194. The van der Waals surface area contributed by atoms with E-state index in [0.29, 0.717) is 0 Å². The maximum Gasteiger partial charge on any atom is 0.131 e. The summed E-state index contributed by atoms with van der Waals surface area (Å²) in [6.07, 6.45) is 3.71. The van der Waals surface area contributed by atoms with E-state index in [1.165, 1.54) is 16.7 Å². The first-order valence-electron chi connectivity index (χ1n) is 7.57. The van der Waals surface area contributed by atoms with Gasteiger partial charge in [-0.25, -0.2) is 4.98 Å². The van der Waals surface area contributed by atoms with Crippen LogP contribution in [-0.2, 0) is 13.0 Å². The minimum Gasteiger partial charge on any atom is -0.355 e. The number of aryl methyl sites for hydroxylation is 1. The zero-order chi connectivity index (χ0) is 15.2. The molecule has 1 aromatic carbocycles. The normalized spacial score (nSPS) is 12.2. The predicted octanol–water partition coefficient (Wildman–Crippen LogP) is 3.31. The van der Waals surface area contributed by atoms with Crippen LogP contribution in [0.1, 0.15) is 30.0 Å². The van der Waals surface area contributed by atoms with Gasteiger partial charge in [-0.3, -0.25) is 0 Å². The van der Waals surface area contributed by atoms with Gasteiger partial charge in [0.1, 0.15) is 5.82 Å². The summed E-state index contributed by atoms with van der Waals surface area (Å²) in [4.78, 5) is 6.77. The molecule has 0 spiro atoms. The van der Waals surface area contributed by atoms with Crippen LogP contribution in [0.15, 0.2) is 42.6 Å². The second-order valence-electron chi connectivity index (χ2n) is 5.64. The summed E-state index contributed by atoms with van der Waals surface area (Å²) < 4.78 is 0. The van der Waals surface area contributed by atoms with E-state index in [1.807, 2.05) is 12.3 Å². The summed E-state index contributed by atoms with van der Waals surface area (Å²) in [6.45, 7) is 5.13. The van der Waals surface area contributed by atoms with Crippen LogP contribution in [0, 0.1) is 6.92 Å². The van der Waals surface area contributed by atoms with Crippen molar-refractivity contribution in [2.75, 3.05) is 11.9 Å². The number of rotatable bonds is 6. The summed E-state index contributed by atoms with van der Waals surface area (Å²) in [5.41, 5.74) is 9.97. The lowest BCUT2D eigenvalue weighted by Crippen LogP contribution is -2.25. The molecule has 21 heavy (non-hydrogen) atoms. The van der Waals surface area contributed by atoms with Crippen molar-refractivity contribution in [2.24, 2.45) is 5.73 Å². The third-order valence-electron chi connectivity index (χ3n) is 3.90. The first kappa shape index (κ1) is 15.5. The topological polar surface area (TPSA) is 42.1 Å². The van der Waals surface area contributed by atoms with Crippen molar-refractivity contribution >= 4 is 5.82 Å². The number of nitrogens with zero attached hydrogens (tertiary/aromatic N) is 2. The Kier molecular flexibility index (Phi) is 5.34. The van der Waals surface area contributed by atoms with Crippen LogP contribution < -0.4 is 10.6 Å². The van der Waals surface area contributed by atoms with E-state index in [4.69, 9.17) is 5.73 Å². The Morgan fingerprint density at radius 3 is 2.57 bits per heavy atom. The number of nitrogens with two attached hydrogens (primary N) is 1. The molecule has 0 aliphatic carbocycles. The number of hydrogen-bond donors (Lipinski definition) is 1. The van der Waals surface area contributed by atoms with Gasteiger partial charge in [0, 0.05) is 25.8 Å². The molecule has 2 rings (SSSR count). The monoisotopic (exact) mass is 283 g/mol. The number of hydrogen-bond acceptors (Lipinski definition) is 3. The SMILES string of the molecule is CCC(N)Cc1cccnc1N(C)Cc1ccccc1C. The summed E-state index contributed by atoms with van der Waals surface area (Å²) in [5, 5.41) is 0. The van der Waals surface area contributed by atoms with Crippen LogP contribution in [0.4, 0.5) is 5.82 Å². The molecule has 1 heterocycles. The Hall–Kier alpha value is -1.87. The highest BCUT2D eigenvalue weighted by Gasteiger charge is 2.12. The number of pyridine rings is 1. The average Bonchev–Trinajstić information content (AvgIpc) is 2.50. The molecule has 0 aliphatic heterocycles. The van der Waals surface area contributed by atoms with Gasteiger partial charge in [-0.1, -0.05) is 37.3 Å². The third kappa shape index (κ3) is 4.05. The third-order valence-corrected chi connectivity index (χ3v) is 3.90. The second kappa shape index (κ2) is 7.23. The lowest BCUT2D eigenvalue weighted by Gasteiger charge is -2.23. The largest absolute Gasteiger partial charge is 0.355 e.